The van der Waals surface area contributed by atoms with Crippen molar-refractivity contribution < 1.29 is 19.7 Å². The summed E-state index contributed by atoms with van der Waals surface area (Å²) in [6, 6.07) is 12.7. The summed E-state index contributed by atoms with van der Waals surface area (Å²) in [6.07, 6.45) is 0.639. The molecule has 31 heavy (non-hydrogen) atoms. The van der Waals surface area contributed by atoms with Gasteiger partial charge in [-0.25, -0.2) is 5.53 Å². The summed E-state index contributed by atoms with van der Waals surface area (Å²) in [6.45, 7) is 1.75. The first-order chi connectivity index (χ1) is 14.9. The van der Waals surface area contributed by atoms with Gasteiger partial charge in [-0.1, -0.05) is 31.2 Å². The minimum Gasteiger partial charge on any atom is -0.396 e. The van der Waals surface area contributed by atoms with Crippen molar-refractivity contribution >= 4 is 22.4 Å². The molecular weight excluding hydrogens is 396 g/mol. The number of carbonyl (C=O) groups is 1. The number of hydrogen-bond donors (Lipinski definition) is 3. The fourth-order valence-corrected chi connectivity index (χ4v) is 6.40. The molecule has 5 rings (SSSR count). The monoisotopic (exact) mass is 420 g/mol. The van der Waals surface area contributed by atoms with E-state index in [0.29, 0.717) is 41.3 Å². The number of rotatable bonds is 5. The van der Waals surface area contributed by atoms with E-state index in [1.165, 1.54) is 4.90 Å². The standard InChI is InChI=1S/C23H24N4O4/c1-2-21-9-10-22(31-21,11-12-28)23(26-25)18(21)19(29)27(20(23)30)17-8-7-14(13-24)15-5-3-4-6-16(15)17/h3-8,18-19,25,28-29H,2,9-12H2,1H3/t18?,19?,21?,22?,23-/m1/s1. The maximum Gasteiger partial charge on any atom is 0.262 e. The Kier molecular flexibility index (Phi) is 4.25. The Morgan fingerprint density at radius 3 is 2.68 bits per heavy atom. The maximum absolute atomic E-state index is 14.0. The zero-order valence-electron chi connectivity index (χ0n) is 17.2. The molecule has 3 aliphatic heterocycles. The van der Waals surface area contributed by atoms with Gasteiger partial charge in [-0.2, -0.15) is 10.4 Å². The third kappa shape index (κ3) is 2.16. The van der Waals surface area contributed by atoms with E-state index in [4.69, 9.17) is 10.3 Å². The molecule has 8 nitrogen and oxygen atoms in total. The Balaban J connectivity index is 1.74. The number of benzene rings is 2. The third-order valence-corrected chi connectivity index (χ3v) is 7.74. The molecule has 8 heteroatoms. The van der Waals surface area contributed by atoms with Crippen molar-refractivity contribution in [1.82, 2.24) is 0 Å². The number of amides is 1. The third-order valence-electron chi connectivity index (χ3n) is 7.74. The minimum atomic E-state index is -1.58. The fourth-order valence-electron chi connectivity index (χ4n) is 6.40. The van der Waals surface area contributed by atoms with Crippen LogP contribution in [0.3, 0.4) is 0 Å². The molecule has 0 saturated carbocycles. The van der Waals surface area contributed by atoms with Gasteiger partial charge >= 0.3 is 0 Å². The lowest BCUT2D eigenvalue weighted by molar-refractivity contribution is -0.132. The van der Waals surface area contributed by atoms with Crippen LogP contribution < -0.4 is 4.90 Å². The highest BCUT2D eigenvalue weighted by Gasteiger charge is 2.83. The molecule has 2 bridgehead atoms. The summed E-state index contributed by atoms with van der Waals surface area (Å²) in [5.41, 5.74) is 5.58. The molecule has 3 saturated heterocycles. The normalized spacial score (nSPS) is 36.1. The molecule has 0 aliphatic carbocycles. The van der Waals surface area contributed by atoms with E-state index < -0.39 is 34.8 Å². The molecule has 3 aliphatic rings. The Hall–Kier alpha value is -2.86. The number of hydrogen-bond acceptors (Lipinski definition) is 7. The van der Waals surface area contributed by atoms with Gasteiger partial charge in [0.2, 0.25) is 0 Å². The van der Waals surface area contributed by atoms with E-state index in [0.717, 1.165) is 0 Å². The fraction of sp³-hybridized carbons (Fsp3) is 0.478. The highest BCUT2D eigenvalue weighted by molar-refractivity contribution is 6.11. The van der Waals surface area contributed by atoms with E-state index in [2.05, 4.69) is 11.2 Å². The van der Waals surface area contributed by atoms with Crippen LogP contribution in [0.1, 0.15) is 38.2 Å². The number of nitrogens with zero attached hydrogens (tertiary/aromatic N) is 3. The lowest BCUT2D eigenvalue weighted by Crippen LogP contribution is -2.59. The van der Waals surface area contributed by atoms with Crippen LogP contribution in [0.15, 0.2) is 41.5 Å². The number of nitrogens with one attached hydrogen (secondary N) is 1. The average Bonchev–Trinajstić information content (AvgIpc) is 3.37. The summed E-state index contributed by atoms with van der Waals surface area (Å²) in [4.78, 5) is 15.3. The summed E-state index contributed by atoms with van der Waals surface area (Å²) in [5, 5.41) is 36.0. The van der Waals surface area contributed by atoms with E-state index in [1.54, 1.807) is 12.1 Å². The van der Waals surface area contributed by atoms with Crippen molar-refractivity contribution in [2.45, 2.75) is 55.6 Å². The Bertz CT molecular complexity index is 1150. The molecule has 2 aromatic rings. The van der Waals surface area contributed by atoms with Gasteiger partial charge in [0.25, 0.3) is 5.91 Å². The second-order valence-electron chi connectivity index (χ2n) is 8.72. The number of aliphatic hydroxyl groups is 2. The molecule has 0 spiro atoms. The van der Waals surface area contributed by atoms with Crippen LogP contribution in [0, 0.1) is 22.8 Å². The zero-order chi connectivity index (χ0) is 22.0. The van der Waals surface area contributed by atoms with Gasteiger partial charge in [0.05, 0.1) is 28.8 Å². The Labute approximate surface area is 179 Å². The molecular formula is C23H24N4O4. The molecule has 4 unspecified atom stereocenters. The molecule has 3 heterocycles. The zero-order valence-corrected chi connectivity index (χ0v) is 17.2. The van der Waals surface area contributed by atoms with Gasteiger partial charge in [0, 0.05) is 23.8 Å². The number of ether oxygens (including phenoxy) is 1. The topological polar surface area (TPSA) is 130 Å². The predicted octanol–water partition coefficient (Wildman–Crippen LogP) is 2.86. The average molecular weight is 420 g/mol. The van der Waals surface area contributed by atoms with Crippen molar-refractivity contribution in [1.29, 1.82) is 10.8 Å². The maximum atomic E-state index is 14.0. The van der Waals surface area contributed by atoms with Crippen molar-refractivity contribution in [2.75, 3.05) is 11.5 Å². The number of carbonyl (C=O) groups excluding carboxylic acids is 1. The summed E-state index contributed by atoms with van der Waals surface area (Å²) < 4.78 is 6.42. The van der Waals surface area contributed by atoms with Crippen LogP contribution in [-0.4, -0.2) is 45.7 Å². The first-order valence-electron chi connectivity index (χ1n) is 10.6. The number of anilines is 1. The van der Waals surface area contributed by atoms with E-state index in [1.807, 2.05) is 31.2 Å². The Morgan fingerprint density at radius 2 is 2.03 bits per heavy atom. The highest BCUT2D eigenvalue weighted by Crippen LogP contribution is 2.68. The highest BCUT2D eigenvalue weighted by atomic mass is 16.5. The van der Waals surface area contributed by atoms with Crippen LogP contribution in [0.5, 0.6) is 0 Å². The second kappa shape index (κ2) is 6.57. The summed E-state index contributed by atoms with van der Waals surface area (Å²) in [5.74, 6) is -1.21. The van der Waals surface area contributed by atoms with E-state index >= 15 is 0 Å². The van der Waals surface area contributed by atoms with E-state index in [-0.39, 0.29) is 13.0 Å². The van der Waals surface area contributed by atoms with Gasteiger partial charge < -0.3 is 14.9 Å². The minimum absolute atomic E-state index is 0.175. The quantitative estimate of drug-likeness (QED) is 0.641. The SMILES string of the molecule is CCC12CCC(CCO)(O1)[C@]1(N=N)C(=O)N(c3ccc(C#N)c4ccccc34)C(O)C21. The molecule has 1 amide bonds. The number of aliphatic hydroxyl groups excluding tert-OH is 2. The largest absolute Gasteiger partial charge is 0.396 e. The van der Waals surface area contributed by atoms with Crippen molar-refractivity contribution in [2.24, 2.45) is 11.0 Å². The van der Waals surface area contributed by atoms with Gasteiger partial charge in [-0.15, -0.1) is 0 Å². The molecule has 5 atom stereocenters. The molecule has 3 N–H and O–H groups in total. The molecule has 0 aromatic heterocycles. The molecule has 0 radical (unpaired) electrons. The second-order valence-corrected chi connectivity index (χ2v) is 8.72. The molecule has 2 aromatic carbocycles. The molecule has 3 fully saturated rings. The van der Waals surface area contributed by atoms with Gasteiger partial charge in [0.1, 0.15) is 11.8 Å². The summed E-state index contributed by atoms with van der Waals surface area (Å²) in [7, 11) is 0. The van der Waals surface area contributed by atoms with E-state index in [9.17, 15) is 20.3 Å². The van der Waals surface area contributed by atoms with Crippen molar-refractivity contribution in [3.8, 4) is 6.07 Å². The van der Waals surface area contributed by atoms with Gasteiger partial charge in [-0.3, -0.25) is 9.69 Å². The lowest BCUT2D eigenvalue weighted by Gasteiger charge is -2.39. The molecule has 160 valence electrons. The van der Waals surface area contributed by atoms with Crippen molar-refractivity contribution in [3.63, 3.8) is 0 Å². The van der Waals surface area contributed by atoms with Gasteiger partial charge in [-0.05, 0) is 31.4 Å². The van der Waals surface area contributed by atoms with Crippen LogP contribution in [0.25, 0.3) is 10.8 Å². The first kappa shape index (κ1) is 20.1. The van der Waals surface area contributed by atoms with Gasteiger partial charge in [0.15, 0.2) is 5.54 Å². The van der Waals surface area contributed by atoms with Crippen LogP contribution in [0.4, 0.5) is 5.69 Å². The number of fused-ring (bicyclic) bond motifs is 6. The van der Waals surface area contributed by atoms with Crippen molar-refractivity contribution in [3.05, 3.63) is 42.0 Å². The Morgan fingerprint density at radius 1 is 1.29 bits per heavy atom. The predicted molar refractivity (Wildman–Crippen MR) is 111 cm³/mol. The smallest absolute Gasteiger partial charge is 0.262 e. The number of nitriles is 1. The van der Waals surface area contributed by atoms with Crippen LogP contribution in [-0.2, 0) is 9.53 Å². The van der Waals surface area contributed by atoms with Crippen LogP contribution in [0.2, 0.25) is 0 Å². The lowest BCUT2D eigenvalue weighted by atomic mass is 9.61. The van der Waals surface area contributed by atoms with Crippen LogP contribution >= 0.6 is 0 Å². The first-order valence-corrected chi connectivity index (χ1v) is 10.6. The summed E-state index contributed by atoms with van der Waals surface area (Å²) >= 11 is 0.